The van der Waals surface area contributed by atoms with E-state index in [2.05, 4.69) is 36.7 Å². The second-order valence-electron chi connectivity index (χ2n) is 4.09. The number of methoxy groups -OCH3 is 1. The van der Waals surface area contributed by atoms with Crippen molar-refractivity contribution in [3.05, 3.63) is 28.0 Å². The molecule has 4 N–H and O–H groups in total. The van der Waals surface area contributed by atoms with Crippen molar-refractivity contribution in [2.45, 2.75) is 13.3 Å². The minimum absolute atomic E-state index is 0.0388. The smallest absolute Gasteiger partial charge is 0.263 e. The Morgan fingerprint density at radius 2 is 2.29 bits per heavy atom. The van der Waals surface area contributed by atoms with Gasteiger partial charge < -0.3 is 15.7 Å². The highest BCUT2D eigenvalue weighted by atomic mass is 79.9. The van der Waals surface area contributed by atoms with Gasteiger partial charge in [-0.25, -0.2) is 10.1 Å². The number of aryl methyl sites for hydroxylation is 1. The molecule has 9 heteroatoms. The summed E-state index contributed by atoms with van der Waals surface area (Å²) in [7, 11) is 1.48. The number of anilines is 1. The number of ether oxygens (including phenoxy) is 1. The zero-order valence-electron chi connectivity index (χ0n) is 11.5. The number of hydrogen-bond acceptors (Lipinski definition) is 7. The lowest BCUT2D eigenvalue weighted by Gasteiger charge is -2.06. The third-order valence-electron chi connectivity index (χ3n) is 2.73. The summed E-state index contributed by atoms with van der Waals surface area (Å²) < 4.78 is 6.91. The molecule has 0 radical (unpaired) electrons. The van der Waals surface area contributed by atoms with Gasteiger partial charge in [0.25, 0.3) is 5.95 Å². The van der Waals surface area contributed by atoms with Gasteiger partial charge >= 0.3 is 0 Å². The molecule has 0 aliphatic rings. The number of aromatic hydroxyl groups is 1. The number of benzene rings is 1. The monoisotopic (exact) mass is 354 g/mol. The Morgan fingerprint density at radius 1 is 1.52 bits per heavy atom. The number of nitrogens with one attached hydrogen (secondary N) is 1. The van der Waals surface area contributed by atoms with Crippen LogP contribution in [-0.2, 0) is 6.42 Å². The van der Waals surface area contributed by atoms with E-state index in [1.165, 1.54) is 11.8 Å². The maximum Gasteiger partial charge on any atom is 0.263 e. The van der Waals surface area contributed by atoms with Crippen molar-refractivity contribution < 1.29 is 9.84 Å². The summed E-state index contributed by atoms with van der Waals surface area (Å²) >= 11 is 3.24. The molecule has 0 aliphatic carbocycles. The summed E-state index contributed by atoms with van der Waals surface area (Å²) in [5, 5.41) is 21.5. The molecule has 8 nitrogen and oxygen atoms in total. The van der Waals surface area contributed by atoms with Crippen LogP contribution >= 0.6 is 15.9 Å². The average Bonchev–Trinajstić information content (AvgIpc) is 2.83. The second kappa shape index (κ2) is 6.44. The van der Waals surface area contributed by atoms with E-state index >= 15 is 0 Å². The molecule has 0 spiro atoms. The standard InChI is InChI=1S/C12H15BrN6O2/c1-3-10-16-18-12(19(10)14)17-15-6-7-4-8(13)11(20)9(5-7)21-2/h4-6,20H,3,14H2,1-2H3,(H,17,18)/b15-6-. The summed E-state index contributed by atoms with van der Waals surface area (Å²) in [6.45, 7) is 1.93. The Hall–Kier alpha value is -2.29. The van der Waals surface area contributed by atoms with E-state index in [-0.39, 0.29) is 5.75 Å². The van der Waals surface area contributed by atoms with E-state index in [1.807, 2.05) is 6.92 Å². The van der Waals surface area contributed by atoms with Crippen LogP contribution in [0.4, 0.5) is 5.95 Å². The molecule has 0 saturated heterocycles. The Bertz CT molecular complexity index is 670. The van der Waals surface area contributed by atoms with Crippen LogP contribution in [0.5, 0.6) is 11.5 Å². The van der Waals surface area contributed by atoms with Crippen LogP contribution in [0.3, 0.4) is 0 Å². The third kappa shape index (κ3) is 3.24. The maximum atomic E-state index is 9.72. The van der Waals surface area contributed by atoms with Crippen molar-refractivity contribution in [1.82, 2.24) is 14.9 Å². The molecule has 0 amide bonds. The first-order chi connectivity index (χ1) is 10.1. The highest BCUT2D eigenvalue weighted by molar-refractivity contribution is 9.10. The fourth-order valence-electron chi connectivity index (χ4n) is 1.63. The van der Waals surface area contributed by atoms with Gasteiger partial charge in [-0.05, 0) is 33.6 Å². The molecular weight excluding hydrogens is 340 g/mol. The number of aromatic nitrogens is 3. The van der Waals surface area contributed by atoms with Crippen LogP contribution in [0, 0.1) is 0 Å². The number of nitrogens with zero attached hydrogens (tertiary/aromatic N) is 4. The quantitative estimate of drug-likeness (QED) is 0.426. The SMILES string of the molecule is CCc1nnc(N/N=C\c2cc(Br)c(O)c(OC)c2)n1N. The molecule has 0 saturated carbocycles. The fourth-order valence-corrected chi connectivity index (χ4v) is 2.09. The molecule has 0 bridgehead atoms. The maximum absolute atomic E-state index is 9.72. The van der Waals surface area contributed by atoms with Gasteiger partial charge in [0.2, 0.25) is 0 Å². The van der Waals surface area contributed by atoms with E-state index < -0.39 is 0 Å². The van der Waals surface area contributed by atoms with Gasteiger partial charge in [-0.3, -0.25) is 0 Å². The normalized spacial score (nSPS) is 11.0. The van der Waals surface area contributed by atoms with E-state index in [0.29, 0.717) is 28.4 Å². The van der Waals surface area contributed by atoms with Crippen molar-refractivity contribution in [2.24, 2.45) is 5.10 Å². The van der Waals surface area contributed by atoms with Gasteiger partial charge in [-0.2, -0.15) is 5.10 Å². The second-order valence-corrected chi connectivity index (χ2v) is 4.94. The van der Waals surface area contributed by atoms with Gasteiger partial charge in [-0.15, -0.1) is 10.2 Å². The lowest BCUT2D eigenvalue weighted by molar-refractivity contribution is 0.372. The highest BCUT2D eigenvalue weighted by Gasteiger charge is 2.08. The number of phenolic OH excluding ortho intramolecular Hbond substituents is 1. The van der Waals surface area contributed by atoms with Crippen LogP contribution in [0.1, 0.15) is 18.3 Å². The first kappa shape index (κ1) is 15.1. The number of rotatable bonds is 5. The Kier molecular flexibility index (Phi) is 4.63. The van der Waals surface area contributed by atoms with Gasteiger partial charge in [-0.1, -0.05) is 6.92 Å². The molecule has 1 aromatic carbocycles. The molecule has 0 fully saturated rings. The third-order valence-corrected chi connectivity index (χ3v) is 3.34. The van der Waals surface area contributed by atoms with Gasteiger partial charge in [0.05, 0.1) is 17.8 Å². The van der Waals surface area contributed by atoms with Crippen LogP contribution in [-0.4, -0.2) is 33.3 Å². The Balaban J connectivity index is 2.14. The fraction of sp³-hybridized carbons (Fsp3) is 0.250. The number of nitrogen functional groups attached to an aromatic ring is 1. The zero-order chi connectivity index (χ0) is 15.4. The first-order valence-electron chi connectivity index (χ1n) is 6.11. The van der Waals surface area contributed by atoms with Gasteiger partial charge in [0.1, 0.15) is 0 Å². The van der Waals surface area contributed by atoms with Crippen molar-refractivity contribution in [1.29, 1.82) is 0 Å². The summed E-state index contributed by atoms with van der Waals surface area (Å²) in [5.74, 6) is 7.16. The number of hydrogen-bond donors (Lipinski definition) is 3. The number of nitrogens with two attached hydrogens (primary N) is 1. The molecular formula is C12H15BrN6O2. The van der Waals surface area contributed by atoms with E-state index in [9.17, 15) is 5.11 Å². The highest BCUT2D eigenvalue weighted by Crippen LogP contribution is 2.34. The van der Waals surface area contributed by atoms with Crippen molar-refractivity contribution in [3.63, 3.8) is 0 Å². The van der Waals surface area contributed by atoms with Crippen LogP contribution in [0.15, 0.2) is 21.7 Å². The lowest BCUT2D eigenvalue weighted by Crippen LogP contribution is -2.14. The summed E-state index contributed by atoms with van der Waals surface area (Å²) in [6.07, 6.45) is 2.23. The number of phenols is 1. The predicted molar refractivity (Wildman–Crippen MR) is 83.1 cm³/mol. The molecule has 0 unspecified atom stereocenters. The van der Waals surface area contributed by atoms with Crippen molar-refractivity contribution in [3.8, 4) is 11.5 Å². The topological polar surface area (TPSA) is 111 Å². The molecule has 0 atom stereocenters. The van der Waals surface area contributed by atoms with Crippen LogP contribution < -0.4 is 16.0 Å². The van der Waals surface area contributed by atoms with Gasteiger partial charge in [0.15, 0.2) is 17.3 Å². The van der Waals surface area contributed by atoms with Crippen LogP contribution in [0.2, 0.25) is 0 Å². The average molecular weight is 355 g/mol. The van der Waals surface area contributed by atoms with E-state index in [1.54, 1.807) is 18.3 Å². The minimum Gasteiger partial charge on any atom is -0.503 e. The molecule has 2 rings (SSSR count). The first-order valence-corrected chi connectivity index (χ1v) is 6.91. The van der Waals surface area contributed by atoms with Crippen LogP contribution in [0.25, 0.3) is 0 Å². The van der Waals surface area contributed by atoms with Crippen molar-refractivity contribution >= 4 is 28.1 Å². The minimum atomic E-state index is 0.0388. The summed E-state index contributed by atoms with van der Waals surface area (Å²) in [5.41, 5.74) is 3.43. The predicted octanol–water partition coefficient (Wildman–Crippen LogP) is 1.48. The Labute approximate surface area is 129 Å². The molecule has 1 aromatic heterocycles. The van der Waals surface area contributed by atoms with E-state index in [4.69, 9.17) is 10.6 Å². The number of halogens is 1. The number of hydrazone groups is 1. The van der Waals surface area contributed by atoms with E-state index in [0.717, 1.165) is 5.56 Å². The molecule has 21 heavy (non-hydrogen) atoms. The molecule has 112 valence electrons. The van der Waals surface area contributed by atoms with Crippen molar-refractivity contribution in [2.75, 3.05) is 18.4 Å². The Morgan fingerprint density at radius 3 is 2.90 bits per heavy atom. The molecule has 2 aromatic rings. The summed E-state index contributed by atoms with van der Waals surface area (Å²) in [6, 6.07) is 3.35. The summed E-state index contributed by atoms with van der Waals surface area (Å²) in [4.78, 5) is 0. The largest absolute Gasteiger partial charge is 0.503 e. The zero-order valence-corrected chi connectivity index (χ0v) is 13.1. The van der Waals surface area contributed by atoms with Gasteiger partial charge in [0, 0.05) is 6.42 Å². The molecule has 0 aliphatic heterocycles. The lowest BCUT2D eigenvalue weighted by atomic mass is 10.2. The molecule has 1 heterocycles.